The van der Waals surface area contributed by atoms with Gasteiger partial charge in [0.25, 0.3) is 0 Å². The number of ether oxygens (including phenoxy) is 1. The van der Waals surface area contributed by atoms with Crippen molar-refractivity contribution < 1.29 is 14.3 Å². The Bertz CT molecular complexity index is 303. The van der Waals surface area contributed by atoms with E-state index < -0.39 is 5.97 Å². The van der Waals surface area contributed by atoms with Gasteiger partial charge in [0.05, 0.1) is 6.61 Å². The predicted octanol–water partition coefficient (Wildman–Crippen LogP) is 1.36. The molecule has 90 valence electrons. The van der Waals surface area contributed by atoms with E-state index in [1.807, 2.05) is 0 Å². The normalized spacial score (nSPS) is 15.8. The molecule has 0 aliphatic heterocycles. The Morgan fingerprint density at radius 1 is 1.38 bits per heavy atom. The van der Waals surface area contributed by atoms with Gasteiger partial charge in [0.15, 0.2) is 5.78 Å². The number of hydrogen-bond acceptors (Lipinski definition) is 4. The Morgan fingerprint density at radius 3 is 2.44 bits per heavy atom. The maximum absolute atomic E-state index is 11.8. The lowest BCUT2D eigenvalue weighted by molar-refractivity contribution is -0.140. The molecule has 0 amide bonds. The Hall–Kier alpha value is -1.32. The van der Waals surface area contributed by atoms with Gasteiger partial charge in [-0.2, -0.15) is 0 Å². The van der Waals surface area contributed by atoms with E-state index in [1.54, 1.807) is 32.1 Å². The molecule has 4 heteroatoms. The van der Waals surface area contributed by atoms with Crippen molar-refractivity contribution in [2.24, 2.45) is 5.92 Å². The highest BCUT2D eigenvalue weighted by Gasteiger charge is 2.28. The van der Waals surface area contributed by atoms with Crippen LogP contribution in [-0.2, 0) is 14.3 Å². The van der Waals surface area contributed by atoms with Crippen LogP contribution in [0.15, 0.2) is 11.8 Å². The first kappa shape index (κ1) is 12.7. The average Bonchev–Trinajstić information content (AvgIpc) is 2.97. The van der Waals surface area contributed by atoms with E-state index in [-0.39, 0.29) is 11.4 Å². The molecule has 1 aliphatic carbocycles. The fourth-order valence-corrected chi connectivity index (χ4v) is 1.40. The van der Waals surface area contributed by atoms with Gasteiger partial charge >= 0.3 is 5.97 Å². The molecule has 0 aromatic carbocycles. The molecule has 16 heavy (non-hydrogen) atoms. The van der Waals surface area contributed by atoms with Crippen LogP contribution in [0.1, 0.15) is 26.2 Å². The molecule has 1 fully saturated rings. The molecule has 0 atom stereocenters. The van der Waals surface area contributed by atoms with Gasteiger partial charge in [0.2, 0.25) is 0 Å². The molecule has 0 heterocycles. The summed E-state index contributed by atoms with van der Waals surface area (Å²) in [4.78, 5) is 25.1. The third-order valence-electron chi connectivity index (χ3n) is 2.35. The molecule has 0 spiro atoms. The van der Waals surface area contributed by atoms with Gasteiger partial charge in [-0.05, 0) is 25.7 Å². The second kappa shape index (κ2) is 5.68. The quantitative estimate of drug-likeness (QED) is 0.296. The fraction of sp³-hybridized carbons (Fsp3) is 0.667. The molecular weight excluding hydrogens is 206 g/mol. The molecule has 0 unspecified atom stereocenters. The molecule has 1 saturated carbocycles. The van der Waals surface area contributed by atoms with Gasteiger partial charge in [-0.1, -0.05) is 0 Å². The van der Waals surface area contributed by atoms with Gasteiger partial charge < -0.3 is 9.64 Å². The molecule has 0 aromatic rings. The molecule has 1 aliphatic rings. The van der Waals surface area contributed by atoms with Crippen LogP contribution in [-0.4, -0.2) is 37.4 Å². The highest BCUT2D eigenvalue weighted by atomic mass is 16.5. The lowest BCUT2D eigenvalue weighted by atomic mass is 10.1. The predicted molar refractivity (Wildman–Crippen MR) is 60.8 cm³/mol. The lowest BCUT2D eigenvalue weighted by Gasteiger charge is -2.10. The molecule has 0 radical (unpaired) electrons. The van der Waals surface area contributed by atoms with Gasteiger partial charge in [-0.3, -0.25) is 4.79 Å². The Balaban J connectivity index is 2.68. The number of nitrogens with zero attached hydrogens (tertiary/aromatic N) is 1. The second-order valence-electron chi connectivity index (χ2n) is 4.30. The van der Waals surface area contributed by atoms with Crippen LogP contribution < -0.4 is 0 Å². The summed E-state index contributed by atoms with van der Waals surface area (Å²) in [6.45, 7) is 2.02. The molecule has 0 bridgehead atoms. The van der Waals surface area contributed by atoms with Crippen molar-refractivity contribution in [3.8, 4) is 0 Å². The molecular formula is C12H19NO3. The smallest absolute Gasteiger partial charge is 0.343 e. The van der Waals surface area contributed by atoms with Crippen LogP contribution in [0, 0.1) is 5.92 Å². The standard InChI is InChI=1S/C12H19NO3/c1-4-16-12(15)10(8-13(2)3)11(14)7-9-5-6-9/h8-9H,4-7H2,1-3H3. The number of hydrogen-bond donors (Lipinski definition) is 0. The van der Waals surface area contributed by atoms with E-state index in [4.69, 9.17) is 4.74 Å². The molecule has 0 saturated heterocycles. The van der Waals surface area contributed by atoms with Crippen LogP contribution in [0.4, 0.5) is 0 Å². The Morgan fingerprint density at radius 2 is 2.00 bits per heavy atom. The number of esters is 1. The first-order chi connectivity index (χ1) is 7.54. The van der Waals surface area contributed by atoms with Crippen LogP contribution in [0.3, 0.4) is 0 Å². The SMILES string of the molecule is CCOC(=O)C(=CN(C)C)C(=O)CC1CC1. The zero-order valence-electron chi connectivity index (χ0n) is 10.2. The third-order valence-corrected chi connectivity index (χ3v) is 2.35. The van der Waals surface area contributed by atoms with E-state index in [9.17, 15) is 9.59 Å². The van der Waals surface area contributed by atoms with Crippen molar-refractivity contribution in [2.75, 3.05) is 20.7 Å². The zero-order valence-corrected chi connectivity index (χ0v) is 10.2. The minimum atomic E-state index is -0.512. The van der Waals surface area contributed by atoms with E-state index in [2.05, 4.69) is 0 Å². The van der Waals surface area contributed by atoms with E-state index >= 15 is 0 Å². The Labute approximate surface area is 96.3 Å². The summed E-state index contributed by atoms with van der Waals surface area (Å²) in [6.07, 6.45) is 4.22. The summed E-state index contributed by atoms with van der Waals surface area (Å²) in [5.41, 5.74) is 0.166. The first-order valence-corrected chi connectivity index (χ1v) is 5.63. The highest BCUT2D eigenvalue weighted by molar-refractivity contribution is 6.17. The average molecular weight is 225 g/mol. The summed E-state index contributed by atoms with van der Waals surface area (Å²) in [6, 6.07) is 0. The maximum Gasteiger partial charge on any atom is 0.343 e. The van der Waals surface area contributed by atoms with Crippen LogP contribution in [0.2, 0.25) is 0 Å². The van der Waals surface area contributed by atoms with Gasteiger partial charge in [0, 0.05) is 26.7 Å². The van der Waals surface area contributed by atoms with Crippen molar-refractivity contribution in [3.63, 3.8) is 0 Å². The monoisotopic (exact) mass is 225 g/mol. The largest absolute Gasteiger partial charge is 0.462 e. The van der Waals surface area contributed by atoms with Crippen molar-refractivity contribution in [1.29, 1.82) is 0 Å². The van der Waals surface area contributed by atoms with Crippen LogP contribution in [0.25, 0.3) is 0 Å². The summed E-state index contributed by atoms with van der Waals surface area (Å²) in [5, 5.41) is 0. The molecule has 1 rings (SSSR count). The second-order valence-corrected chi connectivity index (χ2v) is 4.30. The summed E-state index contributed by atoms with van der Waals surface area (Å²) in [7, 11) is 3.56. The van der Waals surface area contributed by atoms with Crippen molar-refractivity contribution in [2.45, 2.75) is 26.2 Å². The number of carbonyl (C=O) groups excluding carboxylic acids is 2. The maximum atomic E-state index is 11.8. The third kappa shape index (κ3) is 4.04. The van der Waals surface area contributed by atoms with Gasteiger partial charge in [-0.25, -0.2) is 4.79 Å². The van der Waals surface area contributed by atoms with Crippen molar-refractivity contribution in [1.82, 2.24) is 4.90 Å². The van der Waals surface area contributed by atoms with Crippen molar-refractivity contribution in [3.05, 3.63) is 11.8 Å². The van der Waals surface area contributed by atoms with Crippen LogP contribution in [0.5, 0.6) is 0 Å². The topological polar surface area (TPSA) is 46.6 Å². The minimum Gasteiger partial charge on any atom is -0.462 e. The summed E-state index contributed by atoms with van der Waals surface area (Å²) >= 11 is 0. The lowest BCUT2D eigenvalue weighted by Crippen LogP contribution is -2.19. The summed E-state index contributed by atoms with van der Waals surface area (Å²) in [5.74, 6) is -0.135. The molecule has 0 N–H and O–H groups in total. The molecule has 0 aromatic heterocycles. The number of carbonyl (C=O) groups is 2. The Kier molecular flexibility index (Phi) is 4.52. The minimum absolute atomic E-state index is 0.102. The first-order valence-electron chi connectivity index (χ1n) is 5.63. The molecule has 4 nitrogen and oxygen atoms in total. The van der Waals surface area contributed by atoms with E-state index in [0.29, 0.717) is 18.9 Å². The van der Waals surface area contributed by atoms with Gasteiger partial charge in [-0.15, -0.1) is 0 Å². The van der Waals surface area contributed by atoms with Crippen molar-refractivity contribution >= 4 is 11.8 Å². The zero-order chi connectivity index (χ0) is 12.1. The fourth-order valence-electron chi connectivity index (χ4n) is 1.40. The van der Waals surface area contributed by atoms with Gasteiger partial charge in [0.1, 0.15) is 5.57 Å². The van der Waals surface area contributed by atoms with E-state index in [0.717, 1.165) is 12.8 Å². The summed E-state index contributed by atoms with van der Waals surface area (Å²) < 4.78 is 4.87. The number of rotatable bonds is 6. The number of Topliss-reactive ketones (excluding diaryl/α,β-unsaturated/α-hetero) is 1. The number of ketones is 1. The highest BCUT2D eigenvalue weighted by Crippen LogP contribution is 2.33. The van der Waals surface area contributed by atoms with Crippen LogP contribution >= 0.6 is 0 Å². The van der Waals surface area contributed by atoms with E-state index in [1.165, 1.54) is 0 Å².